The van der Waals surface area contributed by atoms with E-state index >= 15 is 0 Å². The Morgan fingerprint density at radius 3 is 2.65 bits per heavy atom. The van der Waals surface area contributed by atoms with E-state index in [0.29, 0.717) is 29.5 Å². The van der Waals surface area contributed by atoms with Gasteiger partial charge in [-0.25, -0.2) is 9.18 Å². The molecule has 7 heteroatoms. The fraction of sp³-hybridized carbons (Fsp3) is 0.421. The van der Waals surface area contributed by atoms with Gasteiger partial charge in [0.05, 0.1) is 12.2 Å². The normalized spacial score (nSPS) is 25.0. The van der Waals surface area contributed by atoms with Crippen LogP contribution in [-0.4, -0.2) is 35.0 Å². The molecule has 0 radical (unpaired) electrons. The van der Waals surface area contributed by atoms with E-state index in [9.17, 15) is 9.18 Å². The molecule has 2 fully saturated rings. The predicted octanol–water partition coefficient (Wildman–Crippen LogP) is 3.36. The van der Waals surface area contributed by atoms with Crippen molar-refractivity contribution in [2.24, 2.45) is 5.92 Å². The fourth-order valence-electron chi connectivity index (χ4n) is 3.68. The summed E-state index contributed by atoms with van der Waals surface area (Å²) in [7, 11) is 0. The molecule has 4 rings (SSSR count). The van der Waals surface area contributed by atoms with Crippen LogP contribution in [0.2, 0.25) is 0 Å². The summed E-state index contributed by atoms with van der Waals surface area (Å²) in [5, 5.41) is 14.3. The number of carbonyl (C=O) groups excluding carboxylic acids is 1. The van der Waals surface area contributed by atoms with Gasteiger partial charge in [-0.05, 0) is 55.9 Å². The summed E-state index contributed by atoms with van der Waals surface area (Å²) in [6.45, 7) is 1.42. The third-order valence-corrected chi connectivity index (χ3v) is 5.27. The molecule has 0 bridgehead atoms. The van der Waals surface area contributed by atoms with Crippen molar-refractivity contribution in [2.75, 3.05) is 18.4 Å². The summed E-state index contributed by atoms with van der Waals surface area (Å²) in [5.41, 5.74) is 0.669. The fourth-order valence-corrected chi connectivity index (χ4v) is 3.68. The minimum absolute atomic E-state index is 0.297. The molecule has 0 atom stereocenters. The summed E-state index contributed by atoms with van der Waals surface area (Å²) in [6, 6.07) is 10.1. The first-order valence-electron chi connectivity index (χ1n) is 8.93. The van der Waals surface area contributed by atoms with Gasteiger partial charge in [0.1, 0.15) is 17.2 Å². The van der Waals surface area contributed by atoms with Crippen molar-refractivity contribution in [3.63, 3.8) is 0 Å². The first-order chi connectivity index (χ1) is 12.6. The molecule has 2 aliphatic rings. The molecule has 1 saturated heterocycles. The summed E-state index contributed by atoms with van der Waals surface area (Å²) in [5.74, 6) is 0.882. The zero-order valence-electron chi connectivity index (χ0n) is 14.4. The summed E-state index contributed by atoms with van der Waals surface area (Å²) < 4.78 is 19.2. The number of rotatable bonds is 4. The van der Waals surface area contributed by atoms with Gasteiger partial charge < -0.3 is 15.4 Å². The lowest BCUT2D eigenvalue weighted by Gasteiger charge is -2.34. The molecule has 6 nitrogen and oxygen atoms in total. The lowest BCUT2D eigenvalue weighted by molar-refractivity contribution is 0.0148. The van der Waals surface area contributed by atoms with Crippen LogP contribution in [0.25, 0.3) is 11.3 Å². The molecule has 2 N–H and O–H groups in total. The maximum atomic E-state index is 13.8. The van der Waals surface area contributed by atoms with Crippen molar-refractivity contribution in [1.82, 2.24) is 15.5 Å². The second-order valence-corrected chi connectivity index (χ2v) is 7.03. The van der Waals surface area contributed by atoms with Crippen LogP contribution in [0.3, 0.4) is 0 Å². The van der Waals surface area contributed by atoms with Crippen molar-refractivity contribution in [3.8, 4) is 11.3 Å². The molecule has 1 aromatic carbocycles. The van der Waals surface area contributed by atoms with Gasteiger partial charge in [0.2, 0.25) is 0 Å². The number of ether oxygens (including phenoxy) is 1. The monoisotopic (exact) mass is 356 g/mol. The molecular formula is C19H21FN4O2. The molecule has 1 saturated carbocycles. The lowest BCUT2D eigenvalue weighted by Crippen LogP contribution is -2.39. The predicted molar refractivity (Wildman–Crippen MR) is 95.1 cm³/mol. The second kappa shape index (κ2) is 6.90. The Morgan fingerprint density at radius 2 is 2.00 bits per heavy atom. The second-order valence-electron chi connectivity index (χ2n) is 7.03. The Balaban J connectivity index is 1.30. The van der Waals surface area contributed by atoms with Crippen molar-refractivity contribution < 1.29 is 13.9 Å². The maximum absolute atomic E-state index is 13.8. The van der Waals surface area contributed by atoms with Crippen LogP contribution in [0.4, 0.5) is 15.0 Å². The Hall–Kier alpha value is -2.70. The number of amides is 1. The average molecular weight is 356 g/mol. The molecule has 0 unspecified atom stereocenters. The number of benzene rings is 1. The highest BCUT2D eigenvalue weighted by atomic mass is 19.1. The van der Waals surface area contributed by atoms with Crippen LogP contribution in [0.1, 0.15) is 25.7 Å². The minimum Gasteiger partial charge on any atom is -0.441 e. The number of carbonyl (C=O) groups is 1. The number of nitrogens with one attached hydrogen (secondary N) is 2. The van der Waals surface area contributed by atoms with Gasteiger partial charge >= 0.3 is 6.09 Å². The largest absolute Gasteiger partial charge is 0.441 e. The van der Waals surface area contributed by atoms with Gasteiger partial charge in [-0.3, -0.25) is 0 Å². The Morgan fingerprint density at radius 1 is 1.19 bits per heavy atom. The summed E-state index contributed by atoms with van der Waals surface area (Å²) in [6.07, 6.45) is 3.48. The molecule has 2 heterocycles. The van der Waals surface area contributed by atoms with Crippen molar-refractivity contribution in [2.45, 2.75) is 31.3 Å². The van der Waals surface area contributed by atoms with Crippen LogP contribution in [0.5, 0.6) is 0 Å². The molecule has 136 valence electrons. The molecule has 1 aliphatic heterocycles. The molecule has 1 spiro atoms. The third kappa shape index (κ3) is 3.47. The van der Waals surface area contributed by atoms with Crippen molar-refractivity contribution in [3.05, 3.63) is 42.2 Å². The van der Waals surface area contributed by atoms with Crippen LogP contribution < -0.4 is 10.6 Å². The van der Waals surface area contributed by atoms with Crippen molar-refractivity contribution in [1.29, 1.82) is 0 Å². The number of anilines is 1. The van der Waals surface area contributed by atoms with Crippen LogP contribution >= 0.6 is 0 Å². The highest BCUT2D eigenvalue weighted by Gasteiger charge is 2.43. The molecule has 1 amide bonds. The van der Waals surface area contributed by atoms with Gasteiger partial charge in [0.15, 0.2) is 0 Å². The smallest absolute Gasteiger partial charge is 0.407 e. The van der Waals surface area contributed by atoms with E-state index in [1.54, 1.807) is 24.3 Å². The van der Waals surface area contributed by atoms with E-state index in [-0.39, 0.29) is 17.5 Å². The zero-order valence-corrected chi connectivity index (χ0v) is 14.4. The van der Waals surface area contributed by atoms with E-state index in [1.807, 2.05) is 6.07 Å². The maximum Gasteiger partial charge on any atom is 0.407 e. The van der Waals surface area contributed by atoms with Crippen LogP contribution in [0, 0.1) is 11.7 Å². The number of halogens is 1. The van der Waals surface area contributed by atoms with Gasteiger partial charge in [-0.2, -0.15) is 0 Å². The van der Waals surface area contributed by atoms with Gasteiger partial charge in [0.25, 0.3) is 0 Å². The highest BCUT2D eigenvalue weighted by Crippen LogP contribution is 2.36. The Bertz CT molecular complexity index is 788. The van der Waals surface area contributed by atoms with E-state index in [4.69, 9.17) is 4.74 Å². The van der Waals surface area contributed by atoms with Crippen LogP contribution in [0.15, 0.2) is 36.4 Å². The molecular weight excluding hydrogens is 335 g/mol. The first kappa shape index (κ1) is 16.8. The van der Waals surface area contributed by atoms with Crippen LogP contribution in [-0.2, 0) is 4.74 Å². The highest BCUT2D eigenvalue weighted by molar-refractivity contribution is 5.70. The van der Waals surface area contributed by atoms with E-state index in [2.05, 4.69) is 20.8 Å². The Labute approximate surface area is 151 Å². The number of nitrogens with zero attached hydrogens (tertiary/aromatic N) is 2. The minimum atomic E-state index is -0.305. The van der Waals surface area contributed by atoms with E-state index in [0.717, 1.165) is 32.2 Å². The number of aromatic nitrogens is 2. The molecule has 2 aromatic rings. The van der Waals surface area contributed by atoms with E-state index in [1.165, 1.54) is 6.07 Å². The van der Waals surface area contributed by atoms with Gasteiger partial charge in [-0.1, -0.05) is 12.1 Å². The summed E-state index contributed by atoms with van der Waals surface area (Å²) >= 11 is 0. The third-order valence-electron chi connectivity index (χ3n) is 5.27. The summed E-state index contributed by atoms with van der Waals surface area (Å²) in [4.78, 5) is 11.3. The SMILES string of the molecule is O=C1NCC2(CCC(CNc3ccc(-c4ccccc4F)nn3)CC2)O1. The number of alkyl carbamates (subject to hydrolysis) is 1. The number of hydrogen-bond acceptors (Lipinski definition) is 5. The Kier molecular flexibility index (Phi) is 4.44. The van der Waals surface area contributed by atoms with Gasteiger partial charge in [0, 0.05) is 12.1 Å². The quantitative estimate of drug-likeness (QED) is 0.878. The van der Waals surface area contributed by atoms with Crippen molar-refractivity contribution >= 4 is 11.9 Å². The van der Waals surface area contributed by atoms with Gasteiger partial charge in [-0.15, -0.1) is 10.2 Å². The lowest BCUT2D eigenvalue weighted by atomic mass is 9.79. The standard InChI is InChI=1S/C19H21FN4O2/c20-15-4-2-1-3-14(15)16-5-6-17(24-23-16)21-11-13-7-9-19(10-8-13)12-22-18(25)26-19/h1-6,13H,7-12H2,(H,21,24)(H,22,25). The van der Waals surface area contributed by atoms with E-state index < -0.39 is 0 Å². The molecule has 1 aromatic heterocycles. The first-order valence-corrected chi connectivity index (χ1v) is 8.93. The average Bonchev–Trinajstić information content (AvgIpc) is 3.03. The molecule has 1 aliphatic carbocycles. The zero-order chi connectivity index (χ0) is 18.0. The molecule has 26 heavy (non-hydrogen) atoms. The number of hydrogen-bond donors (Lipinski definition) is 2. The topological polar surface area (TPSA) is 76.1 Å².